The first-order chi connectivity index (χ1) is 12.3. The van der Waals surface area contributed by atoms with E-state index >= 15 is 0 Å². The number of hydrogen-bond donors (Lipinski definition) is 2. The maximum atomic E-state index is 13.6. The largest absolute Gasteiger partial charge is 0.308 e. The Balaban J connectivity index is 2.77. The number of hydrazone groups is 1. The summed E-state index contributed by atoms with van der Waals surface area (Å²) in [7, 11) is 0. The lowest BCUT2D eigenvalue weighted by Gasteiger charge is -2.21. The molecule has 0 radical (unpaired) electrons. The molecule has 2 N–H and O–H groups in total. The second kappa shape index (κ2) is 11.2. The molecule has 1 heterocycles. The van der Waals surface area contributed by atoms with Crippen LogP contribution in [0.1, 0.15) is 41.0 Å². The van der Waals surface area contributed by atoms with Gasteiger partial charge >= 0.3 is 0 Å². The molecule has 0 fully saturated rings. The number of nitrogens with zero attached hydrogens (tertiary/aromatic N) is 1. The number of rotatable bonds is 9. The molecule has 3 atom stereocenters. The molecule has 0 spiro atoms. The Morgan fingerprint density at radius 2 is 2.15 bits per heavy atom. The summed E-state index contributed by atoms with van der Waals surface area (Å²) in [6.45, 7) is 13.6. The van der Waals surface area contributed by atoms with Crippen molar-refractivity contribution in [3.05, 3.63) is 58.5 Å². The Bertz CT molecular complexity index is 644. The van der Waals surface area contributed by atoms with Crippen molar-refractivity contribution in [3.63, 3.8) is 0 Å². The zero-order valence-electron chi connectivity index (χ0n) is 16.8. The van der Waals surface area contributed by atoms with Crippen LogP contribution in [0.4, 0.5) is 4.39 Å². The molecule has 0 saturated heterocycles. The summed E-state index contributed by atoms with van der Waals surface area (Å²) < 4.78 is 13.6. The third-order valence-corrected chi connectivity index (χ3v) is 5.50. The van der Waals surface area contributed by atoms with E-state index in [0.717, 1.165) is 6.42 Å². The fourth-order valence-corrected chi connectivity index (χ4v) is 3.16. The summed E-state index contributed by atoms with van der Waals surface area (Å²) in [5.74, 6) is -0.0463. The molecule has 5 heteroatoms. The van der Waals surface area contributed by atoms with Gasteiger partial charge in [-0.1, -0.05) is 18.7 Å². The summed E-state index contributed by atoms with van der Waals surface area (Å²) in [5, 5.41) is 7.62. The minimum atomic E-state index is -0.249. The molecule has 3 unspecified atom stereocenters. The molecule has 0 aromatic carbocycles. The van der Waals surface area contributed by atoms with Crippen LogP contribution in [0.5, 0.6) is 0 Å². The van der Waals surface area contributed by atoms with Crippen molar-refractivity contribution in [2.45, 2.75) is 53.1 Å². The molecule has 1 aliphatic rings. The minimum Gasteiger partial charge on any atom is -0.308 e. The van der Waals surface area contributed by atoms with Crippen LogP contribution in [0.2, 0.25) is 0 Å². The maximum Gasteiger partial charge on any atom is 0.123 e. The Hall–Kier alpha value is -1.59. The van der Waals surface area contributed by atoms with Crippen molar-refractivity contribution in [1.29, 1.82) is 0 Å². The van der Waals surface area contributed by atoms with E-state index in [9.17, 15) is 4.39 Å². The van der Waals surface area contributed by atoms with E-state index in [4.69, 9.17) is 0 Å². The van der Waals surface area contributed by atoms with Crippen molar-refractivity contribution in [1.82, 2.24) is 10.7 Å². The van der Waals surface area contributed by atoms with Gasteiger partial charge in [0.25, 0.3) is 0 Å². The van der Waals surface area contributed by atoms with E-state index in [-0.39, 0.29) is 23.8 Å². The number of allylic oxidation sites excluding steroid dienone is 6. The van der Waals surface area contributed by atoms with Crippen LogP contribution in [0.25, 0.3) is 0 Å². The number of nitrogens with one attached hydrogen (secondary N) is 2. The van der Waals surface area contributed by atoms with Gasteiger partial charge in [-0.2, -0.15) is 5.10 Å². The van der Waals surface area contributed by atoms with Crippen LogP contribution in [-0.2, 0) is 0 Å². The van der Waals surface area contributed by atoms with E-state index < -0.39 is 0 Å². The highest BCUT2D eigenvalue weighted by Crippen LogP contribution is 2.28. The lowest BCUT2D eigenvalue weighted by molar-refractivity contribution is 0.495. The Kier molecular flexibility index (Phi) is 9.66. The third-order valence-electron chi connectivity index (χ3n) is 4.66. The smallest absolute Gasteiger partial charge is 0.123 e. The van der Waals surface area contributed by atoms with E-state index in [0.29, 0.717) is 5.57 Å². The highest BCUT2D eigenvalue weighted by Gasteiger charge is 2.17. The molecule has 1 aliphatic heterocycles. The maximum absolute atomic E-state index is 13.6. The van der Waals surface area contributed by atoms with E-state index in [1.807, 2.05) is 19.3 Å². The first kappa shape index (κ1) is 22.5. The Morgan fingerprint density at radius 3 is 2.73 bits per heavy atom. The lowest BCUT2D eigenvalue weighted by Crippen LogP contribution is -2.35. The highest BCUT2D eigenvalue weighted by atomic mass is 32.2. The van der Waals surface area contributed by atoms with E-state index in [1.54, 1.807) is 18.7 Å². The second-order valence-electron chi connectivity index (χ2n) is 6.65. The van der Waals surface area contributed by atoms with Gasteiger partial charge in [0.05, 0.1) is 0 Å². The average Bonchev–Trinajstić information content (AvgIpc) is 2.64. The topological polar surface area (TPSA) is 36.4 Å². The van der Waals surface area contributed by atoms with Gasteiger partial charge in [0.2, 0.25) is 0 Å². The van der Waals surface area contributed by atoms with Crippen LogP contribution in [0.15, 0.2) is 63.6 Å². The average molecular weight is 378 g/mol. The molecule has 26 heavy (non-hydrogen) atoms. The normalized spacial score (nSPS) is 21.5. The molecule has 144 valence electrons. The van der Waals surface area contributed by atoms with Crippen molar-refractivity contribution in [2.24, 2.45) is 11.0 Å². The van der Waals surface area contributed by atoms with Crippen LogP contribution >= 0.6 is 11.8 Å². The minimum absolute atomic E-state index is 0.0268. The fourth-order valence-electron chi connectivity index (χ4n) is 2.73. The van der Waals surface area contributed by atoms with Crippen molar-refractivity contribution in [3.8, 4) is 0 Å². The predicted molar refractivity (Wildman–Crippen MR) is 115 cm³/mol. The highest BCUT2D eigenvalue weighted by molar-refractivity contribution is 8.02. The Morgan fingerprint density at radius 1 is 1.46 bits per heavy atom. The predicted octanol–water partition coefficient (Wildman–Crippen LogP) is 5.47. The summed E-state index contributed by atoms with van der Waals surface area (Å²) >= 11 is 1.75. The van der Waals surface area contributed by atoms with Gasteiger partial charge in [-0.05, 0) is 75.0 Å². The van der Waals surface area contributed by atoms with Crippen molar-refractivity contribution < 1.29 is 4.39 Å². The van der Waals surface area contributed by atoms with E-state index in [2.05, 4.69) is 61.6 Å². The monoisotopic (exact) mass is 377 g/mol. The second-order valence-corrected chi connectivity index (χ2v) is 7.67. The molecule has 0 saturated carbocycles. The Labute approximate surface area is 162 Å². The summed E-state index contributed by atoms with van der Waals surface area (Å²) in [4.78, 5) is 1.29. The zero-order chi connectivity index (χ0) is 19.7. The number of hydrogen-bond acceptors (Lipinski definition) is 4. The van der Waals surface area contributed by atoms with Crippen molar-refractivity contribution >= 4 is 18.0 Å². The summed E-state index contributed by atoms with van der Waals surface area (Å²) in [5.41, 5.74) is 6.09. The van der Waals surface area contributed by atoms with E-state index in [1.165, 1.54) is 22.1 Å². The molecular formula is C21H32FN3S. The van der Waals surface area contributed by atoms with Crippen LogP contribution < -0.4 is 10.7 Å². The molecular weight excluding hydrogens is 345 g/mol. The van der Waals surface area contributed by atoms with Gasteiger partial charge in [-0.15, -0.1) is 11.8 Å². The van der Waals surface area contributed by atoms with Crippen LogP contribution in [-0.4, -0.2) is 24.6 Å². The van der Waals surface area contributed by atoms with Crippen LogP contribution in [0.3, 0.4) is 0 Å². The number of thioether (sulfide) groups is 1. The van der Waals surface area contributed by atoms with Gasteiger partial charge < -0.3 is 5.32 Å². The molecule has 1 rings (SSSR count). The zero-order valence-corrected chi connectivity index (χ0v) is 17.6. The number of halogens is 1. The fraction of sp³-hybridized carbons (Fsp3) is 0.476. The third kappa shape index (κ3) is 6.61. The van der Waals surface area contributed by atoms with Gasteiger partial charge in [0, 0.05) is 30.4 Å². The molecule has 0 amide bonds. The van der Waals surface area contributed by atoms with Gasteiger partial charge in [-0.25, -0.2) is 4.39 Å². The summed E-state index contributed by atoms with van der Waals surface area (Å²) in [6.07, 6.45) is 12.5. The first-order valence-corrected chi connectivity index (χ1v) is 10.2. The molecule has 0 aromatic rings. The summed E-state index contributed by atoms with van der Waals surface area (Å²) in [6, 6.07) is 0.212. The SMILES string of the molecule is C=C/C(F)=C(\C)C(C)NC(C)C/C=C\C(=C(/C)SC)C1C=NNC=C1C. The van der Waals surface area contributed by atoms with Gasteiger partial charge in [-0.3, -0.25) is 5.43 Å². The first-order valence-electron chi connectivity index (χ1n) is 8.93. The van der Waals surface area contributed by atoms with Crippen molar-refractivity contribution in [2.75, 3.05) is 6.26 Å². The van der Waals surface area contributed by atoms with Crippen LogP contribution in [0, 0.1) is 5.92 Å². The molecule has 0 bridgehead atoms. The van der Waals surface area contributed by atoms with Gasteiger partial charge in [0.15, 0.2) is 0 Å². The lowest BCUT2D eigenvalue weighted by atomic mass is 9.91. The molecule has 0 aliphatic carbocycles. The standard InChI is InChI=1S/C21H32FN3S/c1-8-21(22)16(4)17(5)25-15(3)10-9-11-19(18(6)26-7)20-13-24-23-12-14(20)2/h8-9,11-13,15,17,20,23,25H,1,10H2,2-7H3/b11-9-,19-18-,21-16-. The quantitative estimate of drug-likeness (QED) is 0.523. The van der Waals surface area contributed by atoms with Gasteiger partial charge in [0.1, 0.15) is 5.83 Å². The molecule has 3 nitrogen and oxygen atoms in total. The molecule has 0 aromatic heterocycles.